The first-order chi connectivity index (χ1) is 9.56. The third-order valence-corrected chi connectivity index (χ3v) is 3.77. The lowest BCUT2D eigenvalue weighted by Crippen LogP contribution is -2.23. The molecule has 0 saturated carbocycles. The van der Waals surface area contributed by atoms with Crippen molar-refractivity contribution in [2.75, 3.05) is 13.2 Å². The number of halogens is 1. The van der Waals surface area contributed by atoms with E-state index in [2.05, 4.69) is 24.5 Å². The maximum atomic E-state index is 6.34. The molecular weight excluding hydrogens is 272 g/mol. The van der Waals surface area contributed by atoms with E-state index in [-0.39, 0.29) is 11.4 Å². The molecule has 2 atom stereocenters. The number of para-hydroxylation sites is 2. The fourth-order valence-corrected chi connectivity index (χ4v) is 2.65. The summed E-state index contributed by atoms with van der Waals surface area (Å²) in [6, 6.07) is 8.44. The first kappa shape index (κ1) is 15.3. The minimum absolute atomic E-state index is 0.120. The van der Waals surface area contributed by atoms with Gasteiger partial charge in [0, 0.05) is 6.61 Å². The van der Waals surface area contributed by atoms with Gasteiger partial charge in [-0.1, -0.05) is 26.0 Å². The predicted octanol–water partition coefficient (Wildman–Crippen LogP) is 4.57. The Hall–Kier alpha value is -1.06. The molecule has 4 heteroatoms. The van der Waals surface area contributed by atoms with Crippen LogP contribution in [0.2, 0.25) is 0 Å². The molecule has 20 heavy (non-hydrogen) atoms. The molecule has 0 aliphatic heterocycles. The van der Waals surface area contributed by atoms with Gasteiger partial charge in [-0.15, -0.1) is 11.6 Å². The number of benzene rings is 1. The van der Waals surface area contributed by atoms with Gasteiger partial charge in [0.1, 0.15) is 5.82 Å². The molecule has 110 valence electrons. The Morgan fingerprint density at radius 3 is 2.55 bits per heavy atom. The third kappa shape index (κ3) is 2.99. The average Bonchev–Trinajstić information content (AvgIpc) is 2.79. The minimum atomic E-state index is -0.120. The Bertz CT molecular complexity index is 563. The Morgan fingerprint density at radius 2 is 1.95 bits per heavy atom. The van der Waals surface area contributed by atoms with Crippen molar-refractivity contribution in [3.63, 3.8) is 0 Å². The van der Waals surface area contributed by atoms with Crippen molar-refractivity contribution in [1.82, 2.24) is 9.55 Å². The molecule has 1 aromatic heterocycles. The van der Waals surface area contributed by atoms with Gasteiger partial charge in [0.15, 0.2) is 0 Å². The second-order valence-electron chi connectivity index (χ2n) is 5.42. The van der Waals surface area contributed by atoms with Crippen molar-refractivity contribution in [2.45, 2.75) is 39.1 Å². The quantitative estimate of drug-likeness (QED) is 0.730. The van der Waals surface area contributed by atoms with E-state index in [1.165, 1.54) is 0 Å². The highest BCUT2D eigenvalue weighted by molar-refractivity contribution is 6.20. The van der Waals surface area contributed by atoms with E-state index in [9.17, 15) is 0 Å². The van der Waals surface area contributed by atoms with E-state index in [0.717, 1.165) is 23.5 Å². The lowest BCUT2D eigenvalue weighted by molar-refractivity contribution is 0.0968. The predicted molar refractivity (Wildman–Crippen MR) is 84.4 cm³/mol. The van der Waals surface area contributed by atoms with Crippen LogP contribution in [0.3, 0.4) is 0 Å². The maximum absolute atomic E-state index is 6.34. The molecule has 0 fully saturated rings. The first-order valence-electron chi connectivity index (χ1n) is 7.24. The average molecular weight is 295 g/mol. The van der Waals surface area contributed by atoms with Crippen LogP contribution in [-0.2, 0) is 4.74 Å². The number of hydrogen-bond acceptors (Lipinski definition) is 2. The normalized spacial score (nSPS) is 14.9. The van der Waals surface area contributed by atoms with Crippen LogP contribution in [0.4, 0.5) is 0 Å². The minimum Gasteiger partial charge on any atom is -0.380 e. The van der Waals surface area contributed by atoms with Crippen molar-refractivity contribution < 1.29 is 4.74 Å². The van der Waals surface area contributed by atoms with E-state index in [1.807, 2.05) is 32.0 Å². The van der Waals surface area contributed by atoms with Crippen LogP contribution in [0.1, 0.15) is 44.9 Å². The highest BCUT2D eigenvalue weighted by Gasteiger charge is 2.24. The zero-order valence-corrected chi connectivity index (χ0v) is 13.4. The van der Waals surface area contributed by atoms with E-state index < -0.39 is 0 Å². The molecule has 1 heterocycles. The van der Waals surface area contributed by atoms with Crippen LogP contribution in [0.5, 0.6) is 0 Å². The smallest absolute Gasteiger partial charge is 0.128 e. The SMILES string of the molecule is CCOCC(C(C)C)n1c(C(C)Cl)nc2ccccc21. The highest BCUT2D eigenvalue weighted by atomic mass is 35.5. The molecule has 0 radical (unpaired) electrons. The van der Waals surface area contributed by atoms with E-state index in [1.54, 1.807) is 0 Å². The van der Waals surface area contributed by atoms with Crippen molar-refractivity contribution in [2.24, 2.45) is 5.92 Å². The molecule has 2 aromatic rings. The first-order valence-corrected chi connectivity index (χ1v) is 7.68. The van der Waals surface area contributed by atoms with Crippen LogP contribution < -0.4 is 0 Å². The molecule has 0 bridgehead atoms. The van der Waals surface area contributed by atoms with E-state index in [0.29, 0.717) is 12.5 Å². The fraction of sp³-hybridized carbons (Fsp3) is 0.562. The number of hydrogen-bond donors (Lipinski definition) is 0. The monoisotopic (exact) mass is 294 g/mol. The third-order valence-electron chi connectivity index (χ3n) is 3.57. The zero-order chi connectivity index (χ0) is 14.7. The van der Waals surface area contributed by atoms with Gasteiger partial charge in [0.2, 0.25) is 0 Å². The Balaban J connectivity index is 2.55. The summed E-state index contributed by atoms with van der Waals surface area (Å²) in [5.41, 5.74) is 2.13. The maximum Gasteiger partial charge on any atom is 0.128 e. The van der Waals surface area contributed by atoms with Crippen molar-refractivity contribution >= 4 is 22.6 Å². The van der Waals surface area contributed by atoms with Crippen molar-refractivity contribution in [3.8, 4) is 0 Å². The summed E-state index contributed by atoms with van der Waals surface area (Å²) in [5, 5.41) is -0.120. The largest absolute Gasteiger partial charge is 0.380 e. The van der Waals surface area contributed by atoms with Crippen LogP contribution in [0.15, 0.2) is 24.3 Å². The van der Waals surface area contributed by atoms with Crippen molar-refractivity contribution in [1.29, 1.82) is 0 Å². The van der Waals surface area contributed by atoms with Crippen LogP contribution in [0, 0.1) is 5.92 Å². The summed E-state index contributed by atoms with van der Waals surface area (Å²) in [6.45, 7) is 9.82. The summed E-state index contributed by atoms with van der Waals surface area (Å²) < 4.78 is 7.93. The van der Waals surface area contributed by atoms with Gasteiger partial charge in [-0.25, -0.2) is 4.98 Å². The van der Waals surface area contributed by atoms with Crippen LogP contribution in [0.25, 0.3) is 11.0 Å². The molecule has 3 nitrogen and oxygen atoms in total. The number of rotatable bonds is 6. The van der Waals surface area contributed by atoms with Crippen molar-refractivity contribution in [3.05, 3.63) is 30.1 Å². The van der Waals surface area contributed by atoms with Gasteiger partial charge < -0.3 is 9.30 Å². The van der Waals surface area contributed by atoms with Gasteiger partial charge in [-0.2, -0.15) is 0 Å². The molecular formula is C16H23ClN2O. The molecule has 1 aromatic carbocycles. The molecule has 2 rings (SSSR count). The number of fused-ring (bicyclic) bond motifs is 1. The van der Waals surface area contributed by atoms with Gasteiger partial charge in [-0.3, -0.25) is 0 Å². The molecule has 0 amide bonds. The van der Waals surface area contributed by atoms with E-state index >= 15 is 0 Å². The summed E-state index contributed by atoms with van der Waals surface area (Å²) in [4.78, 5) is 4.70. The van der Waals surface area contributed by atoms with Gasteiger partial charge in [-0.05, 0) is 31.9 Å². The van der Waals surface area contributed by atoms with Gasteiger partial charge in [0.25, 0.3) is 0 Å². The number of alkyl halides is 1. The Kier molecular flexibility index (Phi) is 5.06. The molecule has 2 unspecified atom stereocenters. The second-order valence-corrected chi connectivity index (χ2v) is 6.07. The summed E-state index contributed by atoms with van der Waals surface area (Å²) in [6.07, 6.45) is 0. The fourth-order valence-electron chi connectivity index (χ4n) is 2.50. The molecule has 0 N–H and O–H groups in total. The zero-order valence-electron chi connectivity index (χ0n) is 12.6. The molecule has 0 saturated heterocycles. The summed E-state index contributed by atoms with van der Waals surface area (Å²) in [7, 11) is 0. The topological polar surface area (TPSA) is 27.1 Å². The Morgan fingerprint density at radius 1 is 1.25 bits per heavy atom. The second kappa shape index (κ2) is 6.59. The number of aromatic nitrogens is 2. The van der Waals surface area contributed by atoms with Gasteiger partial charge in [0.05, 0.1) is 29.1 Å². The van der Waals surface area contributed by atoms with Crippen LogP contribution >= 0.6 is 11.6 Å². The van der Waals surface area contributed by atoms with Gasteiger partial charge >= 0.3 is 0 Å². The number of ether oxygens (including phenoxy) is 1. The molecule has 0 spiro atoms. The van der Waals surface area contributed by atoms with E-state index in [4.69, 9.17) is 21.3 Å². The lowest BCUT2D eigenvalue weighted by atomic mass is 10.0. The standard InChI is InChI=1S/C16H23ClN2O/c1-5-20-10-15(11(2)3)19-14-9-7-6-8-13(14)18-16(19)12(4)17/h6-9,11-12,15H,5,10H2,1-4H3. The van der Waals surface area contributed by atoms with Crippen LogP contribution in [-0.4, -0.2) is 22.8 Å². The molecule has 0 aliphatic carbocycles. The Labute approximate surface area is 125 Å². The lowest BCUT2D eigenvalue weighted by Gasteiger charge is -2.25. The summed E-state index contributed by atoms with van der Waals surface area (Å²) in [5.74, 6) is 1.37. The molecule has 0 aliphatic rings. The highest BCUT2D eigenvalue weighted by Crippen LogP contribution is 2.31. The number of imidazole rings is 1. The summed E-state index contributed by atoms with van der Waals surface area (Å²) >= 11 is 6.34. The number of nitrogens with zero attached hydrogens (tertiary/aromatic N) is 2.